The third kappa shape index (κ3) is 5.00. The fourth-order valence-corrected chi connectivity index (χ4v) is 1.95. The number of carbonyl (C=O) groups is 1. The van der Waals surface area contributed by atoms with Gasteiger partial charge in [-0.05, 0) is 42.8 Å². The molecule has 0 heterocycles. The molecule has 0 bridgehead atoms. The van der Waals surface area contributed by atoms with E-state index >= 15 is 0 Å². The van der Waals surface area contributed by atoms with Gasteiger partial charge in [-0.3, -0.25) is 4.79 Å². The monoisotopic (exact) mass is 332 g/mol. The Hall–Kier alpha value is -2.53. The van der Waals surface area contributed by atoms with Crippen LogP contribution in [0.5, 0.6) is 11.5 Å². The lowest BCUT2D eigenvalue weighted by Crippen LogP contribution is -2.24. The topological polar surface area (TPSA) is 59.9 Å². The van der Waals surface area contributed by atoms with Crippen molar-refractivity contribution in [2.24, 2.45) is 5.10 Å². The van der Waals surface area contributed by atoms with Crippen molar-refractivity contribution in [3.63, 3.8) is 0 Å². The molecule has 1 N–H and O–H groups in total. The van der Waals surface area contributed by atoms with Gasteiger partial charge in [-0.15, -0.1) is 0 Å². The highest BCUT2D eigenvalue weighted by molar-refractivity contribution is 6.31. The molecule has 2 rings (SSSR count). The molecule has 0 aliphatic heterocycles. The molecule has 5 nitrogen and oxygen atoms in total. The average Bonchev–Trinajstić information content (AvgIpc) is 2.56. The summed E-state index contributed by atoms with van der Waals surface area (Å²) in [5.74, 6) is 0.901. The van der Waals surface area contributed by atoms with Crippen molar-refractivity contribution in [2.75, 3.05) is 13.7 Å². The number of benzene rings is 2. The summed E-state index contributed by atoms with van der Waals surface area (Å²) >= 11 is 5.93. The van der Waals surface area contributed by atoms with E-state index in [0.717, 1.165) is 11.1 Å². The Balaban J connectivity index is 1.85. The lowest BCUT2D eigenvalue weighted by atomic mass is 10.2. The third-order valence-corrected chi connectivity index (χ3v) is 3.46. The smallest absolute Gasteiger partial charge is 0.277 e. The van der Waals surface area contributed by atoms with Crippen LogP contribution in [0, 0.1) is 6.92 Å². The quantitative estimate of drug-likeness (QED) is 0.653. The van der Waals surface area contributed by atoms with Gasteiger partial charge < -0.3 is 9.47 Å². The molecular formula is C17H17ClN2O3. The molecule has 6 heteroatoms. The van der Waals surface area contributed by atoms with E-state index in [1.165, 1.54) is 6.21 Å². The van der Waals surface area contributed by atoms with Crippen LogP contribution >= 0.6 is 11.6 Å². The van der Waals surface area contributed by atoms with Gasteiger partial charge in [0.1, 0.15) is 11.5 Å². The van der Waals surface area contributed by atoms with Gasteiger partial charge >= 0.3 is 0 Å². The van der Waals surface area contributed by atoms with E-state index in [2.05, 4.69) is 10.5 Å². The van der Waals surface area contributed by atoms with Crippen LogP contribution in [0.4, 0.5) is 0 Å². The zero-order chi connectivity index (χ0) is 16.7. The van der Waals surface area contributed by atoms with Crippen molar-refractivity contribution in [2.45, 2.75) is 6.92 Å². The van der Waals surface area contributed by atoms with Crippen LogP contribution in [0.3, 0.4) is 0 Å². The number of carbonyl (C=O) groups excluding carboxylic acids is 1. The van der Waals surface area contributed by atoms with Crippen molar-refractivity contribution < 1.29 is 14.3 Å². The zero-order valence-electron chi connectivity index (χ0n) is 12.9. The van der Waals surface area contributed by atoms with E-state index in [9.17, 15) is 4.79 Å². The molecule has 1 amide bonds. The minimum Gasteiger partial charge on any atom is -0.496 e. The van der Waals surface area contributed by atoms with E-state index in [4.69, 9.17) is 21.1 Å². The Kier molecular flexibility index (Phi) is 6.00. The van der Waals surface area contributed by atoms with Crippen LogP contribution in [0.1, 0.15) is 11.1 Å². The predicted molar refractivity (Wildman–Crippen MR) is 90.4 cm³/mol. The number of methoxy groups -OCH3 is 1. The fourth-order valence-electron chi connectivity index (χ4n) is 1.84. The van der Waals surface area contributed by atoms with Crippen molar-refractivity contribution >= 4 is 23.7 Å². The number of hydrogen-bond acceptors (Lipinski definition) is 4. The van der Waals surface area contributed by atoms with Gasteiger partial charge in [0, 0.05) is 10.6 Å². The number of ether oxygens (including phenoxy) is 2. The molecule has 120 valence electrons. The number of nitrogens with one attached hydrogen (secondary N) is 1. The number of amides is 1. The van der Waals surface area contributed by atoms with Crippen molar-refractivity contribution in [1.82, 2.24) is 5.43 Å². The van der Waals surface area contributed by atoms with E-state index in [-0.39, 0.29) is 12.5 Å². The molecule has 0 radical (unpaired) electrons. The summed E-state index contributed by atoms with van der Waals surface area (Å²) < 4.78 is 10.6. The van der Waals surface area contributed by atoms with Crippen molar-refractivity contribution in [3.8, 4) is 11.5 Å². The van der Waals surface area contributed by atoms with Gasteiger partial charge in [-0.25, -0.2) is 5.43 Å². The van der Waals surface area contributed by atoms with Crippen LogP contribution in [0.15, 0.2) is 47.6 Å². The first-order valence-electron chi connectivity index (χ1n) is 6.94. The first-order valence-corrected chi connectivity index (χ1v) is 7.32. The second-order valence-corrected chi connectivity index (χ2v) is 5.14. The summed E-state index contributed by atoms with van der Waals surface area (Å²) in [5, 5.41) is 4.54. The number of aryl methyl sites for hydroxylation is 1. The Morgan fingerprint density at radius 3 is 2.83 bits per heavy atom. The molecular weight excluding hydrogens is 316 g/mol. The molecule has 0 atom stereocenters. The largest absolute Gasteiger partial charge is 0.496 e. The molecule has 0 aliphatic carbocycles. The van der Waals surface area contributed by atoms with E-state index < -0.39 is 0 Å². The molecule has 0 saturated carbocycles. The summed E-state index contributed by atoms with van der Waals surface area (Å²) in [6.45, 7) is 1.73. The van der Waals surface area contributed by atoms with E-state index in [1.54, 1.807) is 25.3 Å². The van der Waals surface area contributed by atoms with E-state index in [1.807, 2.05) is 31.2 Å². The van der Waals surface area contributed by atoms with Crippen molar-refractivity contribution in [3.05, 3.63) is 58.6 Å². The molecule has 0 aliphatic rings. The average molecular weight is 333 g/mol. The first-order chi connectivity index (χ1) is 11.1. The second-order valence-electron chi connectivity index (χ2n) is 4.73. The minimum absolute atomic E-state index is 0.135. The Morgan fingerprint density at radius 1 is 1.30 bits per heavy atom. The SMILES string of the molecule is COc1ccccc1/C=N/NC(=O)COc1ccc(Cl)c(C)c1. The van der Waals surface area contributed by atoms with Gasteiger partial charge in [-0.1, -0.05) is 23.7 Å². The highest BCUT2D eigenvalue weighted by Gasteiger charge is 2.03. The molecule has 2 aromatic rings. The number of hydrogen-bond donors (Lipinski definition) is 1. The fraction of sp³-hybridized carbons (Fsp3) is 0.176. The van der Waals surface area contributed by atoms with Crippen LogP contribution in [-0.4, -0.2) is 25.8 Å². The van der Waals surface area contributed by atoms with E-state index in [0.29, 0.717) is 16.5 Å². The van der Waals surface area contributed by atoms with Gasteiger partial charge in [0.25, 0.3) is 5.91 Å². The standard InChI is InChI=1S/C17H17ClN2O3/c1-12-9-14(7-8-15(12)18)23-11-17(21)20-19-10-13-5-3-4-6-16(13)22-2/h3-10H,11H2,1-2H3,(H,20,21)/b19-10+. The summed E-state index contributed by atoms with van der Waals surface area (Å²) in [6.07, 6.45) is 1.52. The van der Waals surface area contributed by atoms with Gasteiger partial charge in [0.15, 0.2) is 6.61 Å². The second kappa shape index (κ2) is 8.19. The number of rotatable bonds is 6. The zero-order valence-corrected chi connectivity index (χ0v) is 13.6. The lowest BCUT2D eigenvalue weighted by molar-refractivity contribution is -0.123. The van der Waals surface area contributed by atoms with Crippen LogP contribution in [0.2, 0.25) is 5.02 Å². The number of hydrazone groups is 1. The molecule has 0 spiro atoms. The Morgan fingerprint density at radius 2 is 2.09 bits per heavy atom. The predicted octanol–water partition coefficient (Wildman–Crippen LogP) is 3.19. The highest BCUT2D eigenvalue weighted by Crippen LogP contribution is 2.20. The molecule has 0 aromatic heterocycles. The molecule has 0 unspecified atom stereocenters. The number of para-hydroxylation sites is 1. The van der Waals surface area contributed by atoms with Crippen LogP contribution in [0.25, 0.3) is 0 Å². The lowest BCUT2D eigenvalue weighted by Gasteiger charge is -2.07. The highest BCUT2D eigenvalue weighted by atomic mass is 35.5. The Labute approximate surface area is 139 Å². The number of nitrogens with zero attached hydrogens (tertiary/aromatic N) is 1. The summed E-state index contributed by atoms with van der Waals surface area (Å²) in [5.41, 5.74) is 4.06. The summed E-state index contributed by atoms with van der Waals surface area (Å²) in [6, 6.07) is 12.6. The van der Waals surface area contributed by atoms with Crippen LogP contribution < -0.4 is 14.9 Å². The summed E-state index contributed by atoms with van der Waals surface area (Å²) in [4.78, 5) is 11.7. The third-order valence-electron chi connectivity index (χ3n) is 3.03. The van der Waals surface area contributed by atoms with Crippen LogP contribution in [-0.2, 0) is 4.79 Å². The summed E-state index contributed by atoms with van der Waals surface area (Å²) in [7, 11) is 1.58. The molecule has 2 aromatic carbocycles. The maximum absolute atomic E-state index is 11.7. The minimum atomic E-state index is -0.358. The number of halogens is 1. The molecule has 0 fully saturated rings. The molecule has 0 saturated heterocycles. The van der Waals surface area contributed by atoms with Gasteiger partial charge in [0.05, 0.1) is 13.3 Å². The molecule has 23 heavy (non-hydrogen) atoms. The Bertz CT molecular complexity index is 717. The normalized spacial score (nSPS) is 10.6. The maximum atomic E-state index is 11.7. The van der Waals surface area contributed by atoms with Crippen molar-refractivity contribution in [1.29, 1.82) is 0 Å². The van der Waals surface area contributed by atoms with Gasteiger partial charge in [-0.2, -0.15) is 5.10 Å². The maximum Gasteiger partial charge on any atom is 0.277 e. The first kappa shape index (κ1) is 16.8. The van der Waals surface area contributed by atoms with Gasteiger partial charge in [0.2, 0.25) is 0 Å².